The minimum absolute atomic E-state index is 0.355. The van der Waals surface area contributed by atoms with Gasteiger partial charge in [-0.3, -0.25) is 0 Å². The Bertz CT molecular complexity index is 616. The Labute approximate surface area is 131 Å². The van der Waals surface area contributed by atoms with Gasteiger partial charge in [0.15, 0.2) is 0 Å². The van der Waals surface area contributed by atoms with E-state index in [2.05, 4.69) is 0 Å². The average Bonchev–Trinajstić information content (AvgIpc) is 2.38. The zero-order chi connectivity index (χ0) is 14.0. The third kappa shape index (κ3) is 3.47. The highest BCUT2D eigenvalue weighted by Crippen LogP contribution is 2.38. The van der Waals surface area contributed by atoms with Crippen molar-refractivity contribution in [3.8, 4) is 11.5 Å². The van der Waals surface area contributed by atoms with Gasteiger partial charge in [-0.15, -0.1) is 0 Å². The van der Waals surface area contributed by atoms with Crippen LogP contribution >= 0.6 is 46.4 Å². The van der Waals surface area contributed by atoms with Gasteiger partial charge in [0, 0.05) is 12.6 Å². The van der Waals surface area contributed by atoms with E-state index in [1.807, 2.05) is 6.07 Å². The van der Waals surface area contributed by atoms with Crippen LogP contribution in [0.2, 0.25) is 20.1 Å². The van der Waals surface area contributed by atoms with E-state index in [4.69, 9.17) is 56.9 Å². The van der Waals surface area contributed by atoms with Crippen molar-refractivity contribution in [1.29, 1.82) is 0 Å². The second kappa shape index (κ2) is 6.21. The van der Waals surface area contributed by atoms with E-state index >= 15 is 0 Å². The number of nitrogens with two attached hydrogens (primary N) is 1. The van der Waals surface area contributed by atoms with Crippen molar-refractivity contribution in [3.05, 3.63) is 56.0 Å². The molecule has 2 rings (SSSR count). The summed E-state index contributed by atoms with van der Waals surface area (Å²) in [7, 11) is 0. The predicted molar refractivity (Wildman–Crippen MR) is 80.9 cm³/mol. The lowest BCUT2D eigenvalue weighted by molar-refractivity contribution is 0.483. The number of benzene rings is 2. The van der Waals surface area contributed by atoms with Crippen LogP contribution in [-0.2, 0) is 6.54 Å². The Balaban J connectivity index is 2.33. The summed E-state index contributed by atoms with van der Waals surface area (Å²) in [5.41, 5.74) is 6.44. The van der Waals surface area contributed by atoms with E-state index in [-0.39, 0.29) is 0 Å². The number of hydrogen-bond donors (Lipinski definition) is 1. The molecule has 0 saturated carbocycles. The maximum absolute atomic E-state index is 6.10. The lowest BCUT2D eigenvalue weighted by Crippen LogP contribution is -1.96. The molecule has 0 aliphatic heterocycles. The van der Waals surface area contributed by atoms with Gasteiger partial charge in [0.1, 0.15) is 11.5 Å². The van der Waals surface area contributed by atoms with Crippen molar-refractivity contribution >= 4 is 46.4 Å². The van der Waals surface area contributed by atoms with Crippen molar-refractivity contribution in [2.75, 3.05) is 0 Å². The van der Waals surface area contributed by atoms with E-state index in [1.165, 1.54) is 6.07 Å². The van der Waals surface area contributed by atoms with Crippen molar-refractivity contribution in [3.63, 3.8) is 0 Å². The van der Waals surface area contributed by atoms with E-state index in [0.717, 1.165) is 5.56 Å². The molecule has 0 aliphatic rings. The fourth-order valence-corrected chi connectivity index (χ4v) is 2.27. The quantitative estimate of drug-likeness (QED) is 0.745. The average molecular weight is 337 g/mol. The minimum atomic E-state index is 0.355. The smallest absolute Gasteiger partial charge is 0.147 e. The molecule has 0 aliphatic carbocycles. The molecule has 2 aromatic carbocycles. The highest BCUT2D eigenvalue weighted by Gasteiger charge is 2.10. The molecule has 2 N–H and O–H groups in total. The first kappa shape index (κ1) is 14.8. The Morgan fingerprint density at radius 1 is 0.789 bits per heavy atom. The second-order valence-electron chi connectivity index (χ2n) is 3.77. The maximum Gasteiger partial charge on any atom is 0.147 e. The molecule has 0 radical (unpaired) electrons. The van der Waals surface area contributed by atoms with E-state index in [9.17, 15) is 0 Å². The fourth-order valence-electron chi connectivity index (χ4n) is 1.46. The first-order valence-electron chi connectivity index (χ1n) is 5.32. The molecule has 0 unspecified atom stereocenters. The van der Waals surface area contributed by atoms with Gasteiger partial charge in [0.2, 0.25) is 0 Å². The number of rotatable bonds is 3. The number of ether oxygens (including phenoxy) is 1. The fraction of sp³-hybridized carbons (Fsp3) is 0.0769. The van der Waals surface area contributed by atoms with Crippen LogP contribution in [0.5, 0.6) is 11.5 Å². The van der Waals surface area contributed by atoms with Crippen LogP contribution in [0.25, 0.3) is 0 Å². The molecule has 0 bridgehead atoms. The molecule has 100 valence electrons. The third-order valence-corrected chi connectivity index (χ3v) is 3.74. The summed E-state index contributed by atoms with van der Waals surface area (Å²) in [6.07, 6.45) is 0. The molecule has 19 heavy (non-hydrogen) atoms. The molecular weight excluding hydrogens is 328 g/mol. The molecule has 0 heterocycles. The summed E-state index contributed by atoms with van der Waals surface area (Å²) < 4.78 is 5.63. The van der Waals surface area contributed by atoms with Gasteiger partial charge in [-0.05, 0) is 23.8 Å². The first-order chi connectivity index (χ1) is 9.01. The largest absolute Gasteiger partial charge is 0.454 e. The molecule has 0 aromatic heterocycles. The van der Waals surface area contributed by atoms with Crippen LogP contribution < -0.4 is 10.5 Å². The lowest BCUT2D eigenvalue weighted by Gasteiger charge is -2.11. The summed E-state index contributed by atoms with van der Waals surface area (Å²) in [6.45, 7) is 0.410. The van der Waals surface area contributed by atoms with Crippen LogP contribution in [-0.4, -0.2) is 0 Å². The summed E-state index contributed by atoms with van der Waals surface area (Å²) in [4.78, 5) is 0. The first-order valence-corrected chi connectivity index (χ1v) is 6.83. The van der Waals surface area contributed by atoms with E-state index in [1.54, 1.807) is 18.2 Å². The van der Waals surface area contributed by atoms with Crippen molar-refractivity contribution in [1.82, 2.24) is 0 Å². The Morgan fingerprint density at radius 3 is 2.05 bits per heavy atom. The minimum Gasteiger partial charge on any atom is -0.454 e. The van der Waals surface area contributed by atoms with Gasteiger partial charge < -0.3 is 10.5 Å². The Hall–Kier alpha value is -0.640. The molecule has 0 atom stereocenters. The van der Waals surface area contributed by atoms with Gasteiger partial charge in [0.25, 0.3) is 0 Å². The molecule has 0 spiro atoms. The molecule has 0 fully saturated rings. The number of hydrogen-bond acceptors (Lipinski definition) is 2. The molecule has 0 saturated heterocycles. The van der Waals surface area contributed by atoms with Crippen LogP contribution in [0, 0.1) is 0 Å². The molecule has 2 aromatic rings. The predicted octanol–water partition coefficient (Wildman–Crippen LogP) is 5.55. The van der Waals surface area contributed by atoms with Crippen LogP contribution in [0.1, 0.15) is 5.56 Å². The van der Waals surface area contributed by atoms with Crippen molar-refractivity contribution < 1.29 is 4.74 Å². The normalized spacial score (nSPS) is 10.6. The van der Waals surface area contributed by atoms with Gasteiger partial charge >= 0.3 is 0 Å². The van der Waals surface area contributed by atoms with Crippen molar-refractivity contribution in [2.24, 2.45) is 5.73 Å². The Kier molecular flexibility index (Phi) is 4.82. The molecular formula is C13H9Cl4NO. The van der Waals surface area contributed by atoms with Gasteiger partial charge in [-0.2, -0.15) is 0 Å². The van der Waals surface area contributed by atoms with Gasteiger partial charge in [-0.1, -0.05) is 52.5 Å². The standard InChI is InChI=1S/C13H9Cl4NO/c14-8-4-11(17)13(5-9(8)15)19-12-2-1-7(6-18)3-10(12)16/h1-5H,6,18H2. The maximum atomic E-state index is 6.10. The molecule has 6 heteroatoms. The van der Waals surface area contributed by atoms with E-state index < -0.39 is 0 Å². The van der Waals surface area contributed by atoms with Crippen LogP contribution in [0.4, 0.5) is 0 Å². The van der Waals surface area contributed by atoms with Crippen molar-refractivity contribution in [2.45, 2.75) is 6.54 Å². The SMILES string of the molecule is NCc1ccc(Oc2cc(Cl)c(Cl)cc2Cl)c(Cl)c1. The lowest BCUT2D eigenvalue weighted by atomic mass is 10.2. The number of halogens is 4. The second-order valence-corrected chi connectivity index (χ2v) is 5.40. The summed E-state index contributed by atoms with van der Waals surface area (Å²) in [5.74, 6) is 0.859. The summed E-state index contributed by atoms with van der Waals surface area (Å²) in [6, 6.07) is 8.35. The zero-order valence-corrected chi connectivity index (χ0v) is 12.6. The topological polar surface area (TPSA) is 35.2 Å². The summed E-state index contributed by atoms with van der Waals surface area (Å²) >= 11 is 23.9. The molecule has 2 nitrogen and oxygen atoms in total. The van der Waals surface area contributed by atoms with Gasteiger partial charge in [-0.25, -0.2) is 0 Å². The van der Waals surface area contributed by atoms with Gasteiger partial charge in [0.05, 0.1) is 20.1 Å². The monoisotopic (exact) mass is 335 g/mol. The highest BCUT2D eigenvalue weighted by atomic mass is 35.5. The van der Waals surface area contributed by atoms with Crippen LogP contribution in [0.15, 0.2) is 30.3 Å². The zero-order valence-electron chi connectivity index (χ0n) is 9.59. The Morgan fingerprint density at radius 2 is 1.42 bits per heavy atom. The molecule has 0 amide bonds. The van der Waals surface area contributed by atoms with E-state index in [0.29, 0.717) is 38.1 Å². The highest BCUT2D eigenvalue weighted by molar-refractivity contribution is 6.43. The summed E-state index contributed by atoms with van der Waals surface area (Å²) in [5, 5.41) is 1.53. The third-order valence-electron chi connectivity index (χ3n) is 2.43. The van der Waals surface area contributed by atoms with Crippen LogP contribution in [0.3, 0.4) is 0 Å².